The molecule has 0 saturated carbocycles. The predicted molar refractivity (Wildman–Crippen MR) is 244 cm³/mol. The molecule has 0 fully saturated rings. The van der Waals surface area contributed by atoms with Crippen LogP contribution in [-0.2, 0) is 0 Å². The van der Waals surface area contributed by atoms with E-state index < -0.39 is 0 Å². The summed E-state index contributed by atoms with van der Waals surface area (Å²) in [6, 6.07) is 69.3. The minimum absolute atomic E-state index is 0.655. The molecule has 0 N–H and O–H groups in total. The summed E-state index contributed by atoms with van der Waals surface area (Å²) in [5.74, 6) is 1.97. The molecule has 3 aromatic heterocycles. The standard InChI is InChI=1S/C53H32N4S/c1-3-14-34(15-4-1)44-32-46-41-20-11-12-22-47(41)57(50(46)43-21-10-9-19-40(43)44)39-26-27-42-45-30-38(25-28-48(45)58-49(42)31-39)53-55-51(35-16-5-2-6-17-35)54-52(56-53)37-24-23-33-13-7-8-18-36(33)29-37/h1-32H. The number of hydrogen-bond acceptors (Lipinski definition) is 4. The van der Waals surface area contributed by atoms with Gasteiger partial charge in [-0.2, -0.15) is 0 Å². The van der Waals surface area contributed by atoms with Crippen LogP contribution in [0.2, 0.25) is 0 Å². The molecule has 9 aromatic carbocycles. The average molecular weight is 757 g/mol. The minimum atomic E-state index is 0.655. The zero-order valence-corrected chi connectivity index (χ0v) is 32.0. The van der Waals surface area contributed by atoms with E-state index in [0.717, 1.165) is 27.8 Å². The van der Waals surface area contributed by atoms with Gasteiger partial charge in [0.2, 0.25) is 0 Å². The lowest BCUT2D eigenvalue weighted by Crippen LogP contribution is -2.00. The Balaban J connectivity index is 1.02. The van der Waals surface area contributed by atoms with Crippen molar-refractivity contribution in [2.24, 2.45) is 0 Å². The van der Waals surface area contributed by atoms with Crippen molar-refractivity contribution in [3.05, 3.63) is 194 Å². The summed E-state index contributed by atoms with van der Waals surface area (Å²) in [6.07, 6.45) is 0. The molecule has 0 aliphatic carbocycles. The summed E-state index contributed by atoms with van der Waals surface area (Å²) in [4.78, 5) is 15.2. The molecule has 0 aliphatic heterocycles. The molecule has 12 aromatic rings. The van der Waals surface area contributed by atoms with Gasteiger partial charge in [-0.05, 0) is 75.8 Å². The monoisotopic (exact) mass is 756 g/mol. The van der Waals surface area contributed by atoms with E-state index in [1.54, 1.807) is 0 Å². The lowest BCUT2D eigenvalue weighted by atomic mass is 9.95. The van der Waals surface area contributed by atoms with E-state index in [1.165, 1.54) is 69.3 Å². The van der Waals surface area contributed by atoms with Crippen LogP contribution in [0, 0.1) is 0 Å². The molecule has 5 heteroatoms. The highest BCUT2D eigenvalue weighted by Crippen LogP contribution is 2.43. The van der Waals surface area contributed by atoms with E-state index in [4.69, 9.17) is 15.0 Å². The van der Waals surface area contributed by atoms with Gasteiger partial charge in [-0.15, -0.1) is 11.3 Å². The van der Waals surface area contributed by atoms with Crippen molar-refractivity contribution in [3.8, 4) is 51.0 Å². The fourth-order valence-corrected chi connectivity index (χ4v) is 9.79. The number of hydrogen-bond donors (Lipinski definition) is 0. The van der Waals surface area contributed by atoms with E-state index in [-0.39, 0.29) is 0 Å². The van der Waals surface area contributed by atoms with E-state index in [0.29, 0.717) is 17.5 Å². The minimum Gasteiger partial charge on any atom is -0.309 e. The summed E-state index contributed by atoms with van der Waals surface area (Å²) in [5.41, 5.74) is 8.92. The van der Waals surface area contributed by atoms with Gasteiger partial charge in [-0.25, -0.2) is 15.0 Å². The van der Waals surface area contributed by atoms with Crippen LogP contribution in [0.25, 0.3) is 115 Å². The Morgan fingerprint density at radius 2 is 0.966 bits per heavy atom. The second kappa shape index (κ2) is 13.1. The normalized spacial score (nSPS) is 11.8. The maximum absolute atomic E-state index is 5.11. The highest BCUT2D eigenvalue weighted by atomic mass is 32.1. The Morgan fingerprint density at radius 1 is 0.345 bits per heavy atom. The van der Waals surface area contributed by atoms with Crippen LogP contribution in [0.4, 0.5) is 0 Å². The molecule has 58 heavy (non-hydrogen) atoms. The molecule has 0 unspecified atom stereocenters. The molecule has 0 spiro atoms. The number of rotatable bonds is 5. The Kier molecular flexibility index (Phi) is 7.37. The Hall–Kier alpha value is -7.47. The topological polar surface area (TPSA) is 43.6 Å². The van der Waals surface area contributed by atoms with Gasteiger partial charge in [0.1, 0.15) is 0 Å². The van der Waals surface area contributed by atoms with Gasteiger partial charge in [0.05, 0.1) is 11.0 Å². The summed E-state index contributed by atoms with van der Waals surface area (Å²) < 4.78 is 4.92. The number of aromatic nitrogens is 4. The second-order valence-corrected chi connectivity index (χ2v) is 15.9. The zero-order valence-electron chi connectivity index (χ0n) is 31.2. The van der Waals surface area contributed by atoms with E-state index >= 15 is 0 Å². The van der Waals surface area contributed by atoms with Crippen LogP contribution in [0.1, 0.15) is 0 Å². The van der Waals surface area contributed by atoms with Crippen molar-refractivity contribution in [3.63, 3.8) is 0 Å². The summed E-state index contributed by atoms with van der Waals surface area (Å²) >= 11 is 1.83. The molecule has 0 saturated heterocycles. The average Bonchev–Trinajstić information content (AvgIpc) is 3.84. The van der Waals surface area contributed by atoms with Crippen molar-refractivity contribution in [1.82, 2.24) is 19.5 Å². The van der Waals surface area contributed by atoms with Crippen LogP contribution in [-0.4, -0.2) is 19.5 Å². The first-order chi connectivity index (χ1) is 28.7. The SMILES string of the molecule is c1ccc(-c2nc(-c3ccc4ccccc4c3)nc(-c3ccc4sc5cc(-n6c7ccccc7c7cc(-c8ccccc8)c8ccccc8c76)ccc5c4c3)n2)cc1. The molecular weight excluding hydrogens is 725 g/mol. The van der Waals surface area contributed by atoms with Gasteiger partial charge in [0.25, 0.3) is 0 Å². The first-order valence-corrected chi connectivity index (χ1v) is 20.3. The molecular formula is C53H32N4S. The Bertz CT molecular complexity index is 3570. The number of fused-ring (bicyclic) bond motifs is 9. The van der Waals surface area contributed by atoms with E-state index in [9.17, 15) is 0 Å². The highest BCUT2D eigenvalue weighted by Gasteiger charge is 2.19. The molecule has 270 valence electrons. The number of nitrogens with zero attached hydrogens (tertiary/aromatic N) is 4. The smallest absolute Gasteiger partial charge is 0.164 e. The lowest BCUT2D eigenvalue weighted by molar-refractivity contribution is 1.08. The third-order valence-corrected chi connectivity index (χ3v) is 12.5. The Labute approximate surface area is 338 Å². The molecule has 0 radical (unpaired) electrons. The lowest BCUT2D eigenvalue weighted by Gasteiger charge is -2.13. The quantitative estimate of drug-likeness (QED) is 0.176. The number of benzene rings is 9. The van der Waals surface area contributed by atoms with E-state index in [2.05, 4.69) is 180 Å². The van der Waals surface area contributed by atoms with Gasteiger partial charge in [0, 0.05) is 58.7 Å². The Morgan fingerprint density at radius 3 is 1.76 bits per heavy atom. The summed E-state index contributed by atoms with van der Waals surface area (Å²) in [7, 11) is 0. The predicted octanol–water partition coefficient (Wildman–Crippen LogP) is 14.3. The van der Waals surface area contributed by atoms with Crippen LogP contribution in [0.3, 0.4) is 0 Å². The molecule has 0 bridgehead atoms. The van der Waals surface area contributed by atoms with Crippen LogP contribution in [0.5, 0.6) is 0 Å². The molecule has 4 nitrogen and oxygen atoms in total. The fourth-order valence-electron chi connectivity index (χ4n) is 8.67. The first kappa shape index (κ1) is 32.7. The fraction of sp³-hybridized carbons (Fsp3) is 0. The molecule has 0 aliphatic rings. The maximum atomic E-state index is 5.11. The maximum Gasteiger partial charge on any atom is 0.164 e. The zero-order chi connectivity index (χ0) is 38.2. The van der Waals surface area contributed by atoms with Crippen molar-refractivity contribution in [2.45, 2.75) is 0 Å². The van der Waals surface area contributed by atoms with Gasteiger partial charge >= 0.3 is 0 Å². The van der Waals surface area contributed by atoms with Crippen molar-refractivity contribution >= 4 is 74.9 Å². The van der Waals surface area contributed by atoms with Crippen LogP contribution in [0.15, 0.2) is 194 Å². The van der Waals surface area contributed by atoms with Gasteiger partial charge in [0.15, 0.2) is 17.5 Å². The van der Waals surface area contributed by atoms with Gasteiger partial charge < -0.3 is 4.57 Å². The third kappa shape index (κ3) is 5.25. The third-order valence-electron chi connectivity index (χ3n) is 11.4. The second-order valence-electron chi connectivity index (χ2n) is 14.8. The summed E-state index contributed by atoms with van der Waals surface area (Å²) in [5, 5.41) is 9.74. The molecule has 0 atom stereocenters. The summed E-state index contributed by atoms with van der Waals surface area (Å²) in [6.45, 7) is 0. The molecule has 3 heterocycles. The highest BCUT2D eigenvalue weighted by molar-refractivity contribution is 7.25. The number of thiophene rings is 1. The van der Waals surface area contributed by atoms with Crippen LogP contribution >= 0.6 is 11.3 Å². The van der Waals surface area contributed by atoms with Crippen molar-refractivity contribution in [2.75, 3.05) is 0 Å². The first-order valence-electron chi connectivity index (χ1n) is 19.5. The van der Waals surface area contributed by atoms with Crippen molar-refractivity contribution in [1.29, 1.82) is 0 Å². The molecule has 0 amide bonds. The largest absolute Gasteiger partial charge is 0.309 e. The van der Waals surface area contributed by atoms with Crippen LogP contribution < -0.4 is 0 Å². The molecule has 12 rings (SSSR count). The van der Waals surface area contributed by atoms with E-state index in [1.807, 2.05) is 29.5 Å². The van der Waals surface area contributed by atoms with Crippen molar-refractivity contribution < 1.29 is 0 Å². The van der Waals surface area contributed by atoms with Gasteiger partial charge in [-0.1, -0.05) is 146 Å². The van der Waals surface area contributed by atoms with Gasteiger partial charge in [-0.3, -0.25) is 0 Å². The number of para-hydroxylation sites is 1.